The Bertz CT molecular complexity index is 315. The van der Waals surface area contributed by atoms with Crippen LogP contribution < -0.4 is 0 Å². The summed E-state index contributed by atoms with van der Waals surface area (Å²) in [4.78, 5) is 11.2. The number of hydrogen-bond donors (Lipinski definition) is 1. The molecule has 3 heteroatoms. The lowest BCUT2D eigenvalue weighted by atomic mass is 9.80. The van der Waals surface area contributed by atoms with Crippen molar-refractivity contribution in [1.82, 2.24) is 0 Å². The van der Waals surface area contributed by atoms with Crippen LogP contribution in [-0.4, -0.2) is 10.9 Å². The zero-order valence-corrected chi connectivity index (χ0v) is 8.80. The average Bonchev–Trinajstić information content (AvgIpc) is 2.12. The highest BCUT2D eigenvalue weighted by Crippen LogP contribution is 2.40. The van der Waals surface area contributed by atoms with Crippen molar-refractivity contribution in [3.05, 3.63) is 21.9 Å². The lowest BCUT2D eigenvalue weighted by molar-refractivity contribution is -0.115. The highest BCUT2D eigenvalue weighted by molar-refractivity contribution is 9.12. The number of aliphatic hydroxyl groups excluding tert-OH is 1. The van der Waals surface area contributed by atoms with Crippen molar-refractivity contribution in [1.29, 1.82) is 0 Å². The normalized spacial score (nSPS) is 28.5. The van der Waals surface area contributed by atoms with Gasteiger partial charge < -0.3 is 5.11 Å². The smallest absolute Gasteiger partial charge is 0.156 e. The number of allylic oxidation sites excluding steroid dienone is 4. The first kappa shape index (κ1) is 9.00. The number of ketones is 1. The van der Waals surface area contributed by atoms with Crippen molar-refractivity contribution in [2.24, 2.45) is 5.92 Å². The van der Waals surface area contributed by atoms with E-state index in [0.29, 0.717) is 18.1 Å². The maximum absolute atomic E-state index is 11.2. The first-order valence-corrected chi connectivity index (χ1v) is 5.30. The number of hydrogen-bond acceptors (Lipinski definition) is 2. The maximum atomic E-state index is 11.2. The van der Waals surface area contributed by atoms with Gasteiger partial charge in [0.2, 0.25) is 0 Å². The number of carbonyl (C=O) groups is 1. The van der Waals surface area contributed by atoms with E-state index in [2.05, 4.69) is 15.9 Å². The summed E-state index contributed by atoms with van der Waals surface area (Å²) in [6, 6.07) is 0. The van der Waals surface area contributed by atoms with Gasteiger partial charge in [0.1, 0.15) is 5.76 Å². The van der Waals surface area contributed by atoms with E-state index in [-0.39, 0.29) is 5.78 Å². The fourth-order valence-corrected chi connectivity index (χ4v) is 2.60. The molecule has 0 saturated heterocycles. The van der Waals surface area contributed by atoms with Crippen LogP contribution >= 0.6 is 15.9 Å². The van der Waals surface area contributed by atoms with Crippen molar-refractivity contribution in [2.75, 3.05) is 0 Å². The van der Waals surface area contributed by atoms with Crippen molar-refractivity contribution < 1.29 is 9.90 Å². The van der Waals surface area contributed by atoms with Gasteiger partial charge in [-0.2, -0.15) is 0 Å². The molecule has 1 atom stereocenters. The summed E-state index contributed by atoms with van der Waals surface area (Å²) in [5.74, 6) is 1.04. The van der Waals surface area contributed by atoms with Crippen LogP contribution in [0.2, 0.25) is 0 Å². The number of aliphatic hydroxyl groups is 1. The summed E-state index contributed by atoms with van der Waals surface area (Å²) in [5.41, 5.74) is 1.00. The average molecular weight is 243 g/mol. The van der Waals surface area contributed by atoms with Gasteiger partial charge in [0.05, 0.1) is 4.48 Å². The minimum atomic E-state index is 0.179. The molecule has 0 aromatic carbocycles. The Hall–Kier alpha value is -0.570. The summed E-state index contributed by atoms with van der Waals surface area (Å²) in [6.07, 6.45) is 4.98. The molecule has 0 radical (unpaired) electrons. The number of fused-ring (bicyclic) bond motifs is 1. The lowest BCUT2D eigenvalue weighted by Crippen LogP contribution is -2.18. The molecule has 2 nitrogen and oxygen atoms in total. The molecule has 2 aliphatic carbocycles. The van der Waals surface area contributed by atoms with E-state index in [0.717, 1.165) is 29.3 Å². The molecule has 70 valence electrons. The number of carbonyl (C=O) groups excluding carboxylic acids is 1. The quantitative estimate of drug-likeness (QED) is 0.710. The van der Waals surface area contributed by atoms with Crippen LogP contribution in [0, 0.1) is 5.92 Å². The van der Waals surface area contributed by atoms with E-state index in [1.165, 1.54) is 0 Å². The van der Waals surface area contributed by atoms with Crippen molar-refractivity contribution in [3.8, 4) is 0 Å². The Kier molecular flexibility index (Phi) is 2.28. The van der Waals surface area contributed by atoms with Gasteiger partial charge in [0.15, 0.2) is 5.78 Å². The molecule has 0 heterocycles. The zero-order chi connectivity index (χ0) is 9.42. The summed E-state index contributed by atoms with van der Waals surface area (Å²) in [7, 11) is 0. The zero-order valence-electron chi connectivity index (χ0n) is 7.22. The Morgan fingerprint density at radius 1 is 1.38 bits per heavy atom. The van der Waals surface area contributed by atoms with Gasteiger partial charge in [-0.25, -0.2) is 0 Å². The van der Waals surface area contributed by atoms with E-state index in [9.17, 15) is 9.90 Å². The Balaban J connectivity index is 2.40. The number of rotatable bonds is 0. The highest BCUT2D eigenvalue weighted by atomic mass is 79.9. The van der Waals surface area contributed by atoms with Crippen LogP contribution in [0.5, 0.6) is 0 Å². The third-order valence-electron chi connectivity index (χ3n) is 2.73. The third kappa shape index (κ3) is 1.57. The van der Waals surface area contributed by atoms with Crippen LogP contribution in [-0.2, 0) is 4.79 Å². The lowest BCUT2D eigenvalue weighted by Gasteiger charge is -2.27. The molecule has 0 bridgehead atoms. The van der Waals surface area contributed by atoms with E-state index in [1.54, 1.807) is 6.08 Å². The minimum Gasteiger partial charge on any atom is -0.511 e. The molecule has 0 amide bonds. The second-order valence-electron chi connectivity index (χ2n) is 3.60. The summed E-state index contributed by atoms with van der Waals surface area (Å²) < 4.78 is 0.747. The van der Waals surface area contributed by atoms with Gasteiger partial charge in [-0.15, -0.1) is 0 Å². The second kappa shape index (κ2) is 3.29. The third-order valence-corrected chi connectivity index (χ3v) is 3.65. The standard InChI is InChI=1S/C10H11BrO2/c11-10-8-5-7(12)3-1-6(8)2-4-9(10)13/h5-6,13H,1-4H2. The monoisotopic (exact) mass is 242 g/mol. The molecule has 0 fully saturated rings. The Labute approximate surface area is 85.5 Å². The van der Waals surface area contributed by atoms with Gasteiger partial charge in [-0.1, -0.05) is 0 Å². The molecule has 2 aliphatic rings. The largest absolute Gasteiger partial charge is 0.511 e. The highest BCUT2D eigenvalue weighted by Gasteiger charge is 2.28. The topological polar surface area (TPSA) is 37.3 Å². The molecule has 2 rings (SSSR count). The molecule has 0 saturated carbocycles. The molecule has 1 N–H and O–H groups in total. The SMILES string of the molecule is O=C1C=C2C(Br)=C(O)CCC2CC1. The van der Waals surface area contributed by atoms with E-state index >= 15 is 0 Å². The molecule has 1 unspecified atom stereocenters. The predicted molar refractivity (Wildman–Crippen MR) is 53.6 cm³/mol. The first-order chi connectivity index (χ1) is 6.18. The van der Waals surface area contributed by atoms with Crippen LogP contribution in [0.1, 0.15) is 25.7 Å². The van der Waals surface area contributed by atoms with Crippen molar-refractivity contribution in [3.63, 3.8) is 0 Å². The van der Waals surface area contributed by atoms with Crippen molar-refractivity contribution >= 4 is 21.7 Å². The fraction of sp³-hybridized carbons (Fsp3) is 0.500. The van der Waals surface area contributed by atoms with Gasteiger partial charge in [0, 0.05) is 12.8 Å². The molecule has 0 aliphatic heterocycles. The summed E-state index contributed by atoms with van der Waals surface area (Å²) in [5, 5.41) is 9.48. The fourth-order valence-electron chi connectivity index (χ4n) is 1.97. The van der Waals surface area contributed by atoms with Crippen LogP contribution in [0.25, 0.3) is 0 Å². The van der Waals surface area contributed by atoms with E-state index in [1.807, 2.05) is 0 Å². The molecule has 13 heavy (non-hydrogen) atoms. The van der Waals surface area contributed by atoms with Gasteiger partial charge in [-0.05, 0) is 46.3 Å². The van der Waals surface area contributed by atoms with Gasteiger partial charge >= 0.3 is 0 Å². The summed E-state index contributed by atoms with van der Waals surface area (Å²) >= 11 is 3.33. The molecule has 0 spiro atoms. The van der Waals surface area contributed by atoms with Crippen LogP contribution in [0.3, 0.4) is 0 Å². The predicted octanol–water partition coefficient (Wildman–Crippen LogP) is 2.85. The van der Waals surface area contributed by atoms with E-state index < -0.39 is 0 Å². The molecule has 0 aromatic rings. The minimum absolute atomic E-state index is 0.179. The summed E-state index contributed by atoms with van der Waals surface area (Å²) in [6.45, 7) is 0. The molecule has 0 aromatic heterocycles. The second-order valence-corrected chi connectivity index (χ2v) is 4.39. The van der Waals surface area contributed by atoms with Crippen LogP contribution in [0.15, 0.2) is 21.9 Å². The van der Waals surface area contributed by atoms with E-state index in [4.69, 9.17) is 0 Å². The maximum Gasteiger partial charge on any atom is 0.156 e. The molecular formula is C10H11BrO2. The Morgan fingerprint density at radius 3 is 2.85 bits per heavy atom. The van der Waals surface area contributed by atoms with Gasteiger partial charge in [-0.3, -0.25) is 4.79 Å². The first-order valence-electron chi connectivity index (χ1n) is 4.51. The Morgan fingerprint density at radius 2 is 2.08 bits per heavy atom. The number of halogens is 1. The van der Waals surface area contributed by atoms with Crippen molar-refractivity contribution in [2.45, 2.75) is 25.7 Å². The van der Waals surface area contributed by atoms with Crippen LogP contribution in [0.4, 0.5) is 0 Å². The van der Waals surface area contributed by atoms with Gasteiger partial charge in [0.25, 0.3) is 0 Å². The molecular weight excluding hydrogens is 232 g/mol.